The highest BCUT2D eigenvalue weighted by atomic mass is 16.5. The van der Waals surface area contributed by atoms with E-state index in [0.29, 0.717) is 12.6 Å². The van der Waals surface area contributed by atoms with Crippen molar-refractivity contribution in [2.75, 3.05) is 51.3 Å². The molecule has 0 radical (unpaired) electrons. The van der Waals surface area contributed by atoms with Crippen molar-refractivity contribution in [2.45, 2.75) is 89.7 Å². The number of aliphatic hydroxyl groups excluding tert-OH is 1. The summed E-state index contributed by atoms with van der Waals surface area (Å²) in [7, 11) is 1.73. The van der Waals surface area contributed by atoms with Crippen LogP contribution in [0, 0.1) is 11.8 Å². The van der Waals surface area contributed by atoms with E-state index in [-0.39, 0.29) is 23.3 Å². The van der Waals surface area contributed by atoms with Crippen LogP contribution in [0.3, 0.4) is 0 Å². The van der Waals surface area contributed by atoms with Gasteiger partial charge in [0, 0.05) is 68.8 Å². The summed E-state index contributed by atoms with van der Waals surface area (Å²) in [4.78, 5) is 27.2. The van der Waals surface area contributed by atoms with Crippen molar-refractivity contribution in [3.8, 4) is 0 Å². The van der Waals surface area contributed by atoms with E-state index < -0.39 is 0 Å². The molecule has 0 aromatic carbocycles. The minimum atomic E-state index is -0.204. The standard InChI is InChI=1S/C28H47N5O3/c1-28(2,3)27-30-22(10-16-36-4)19-25(31-27)33-14-12-32(13-15-33)11-9-20-17-23(18-20)29-26(35)21-5-7-24(34)8-6-21/h19-21,23-24,34H,5-18H2,1-4H3,(H,29,35)/t20-,21-,23+,24-. The first-order valence-corrected chi connectivity index (χ1v) is 14.0. The Morgan fingerprint density at radius 1 is 1.11 bits per heavy atom. The van der Waals surface area contributed by atoms with Gasteiger partial charge in [0.1, 0.15) is 11.6 Å². The fraction of sp³-hybridized carbons (Fsp3) is 0.821. The Morgan fingerprint density at radius 2 is 1.81 bits per heavy atom. The van der Waals surface area contributed by atoms with Crippen LogP contribution in [-0.2, 0) is 21.4 Å². The molecule has 2 aliphatic carbocycles. The summed E-state index contributed by atoms with van der Waals surface area (Å²) in [5.74, 6) is 2.99. The summed E-state index contributed by atoms with van der Waals surface area (Å²) in [6.07, 6.45) is 7.23. The Labute approximate surface area is 217 Å². The molecule has 8 nitrogen and oxygen atoms in total. The van der Waals surface area contributed by atoms with E-state index in [9.17, 15) is 9.90 Å². The zero-order chi connectivity index (χ0) is 25.7. The summed E-state index contributed by atoms with van der Waals surface area (Å²) in [5.41, 5.74) is 0.973. The van der Waals surface area contributed by atoms with Crippen molar-refractivity contribution >= 4 is 11.7 Å². The molecule has 2 saturated carbocycles. The number of hydrogen-bond donors (Lipinski definition) is 2. The summed E-state index contributed by atoms with van der Waals surface area (Å²) in [5, 5.41) is 12.9. The normalized spacial score (nSPS) is 27.5. The van der Waals surface area contributed by atoms with Gasteiger partial charge in [0.25, 0.3) is 0 Å². The molecule has 0 atom stereocenters. The molecule has 8 heteroatoms. The molecular formula is C28H47N5O3. The first kappa shape index (κ1) is 27.3. The quantitative estimate of drug-likeness (QED) is 0.538. The fourth-order valence-corrected chi connectivity index (χ4v) is 5.63. The van der Waals surface area contributed by atoms with E-state index >= 15 is 0 Å². The smallest absolute Gasteiger partial charge is 0.223 e. The summed E-state index contributed by atoms with van der Waals surface area (Å²) in [6, 6.07) is 2.50. The zero-order valence-corrected chi connectivity index (χ0v) is 22.8. The third-order valence-electron chi connectivity index (χ3n) is 8.20. The Bertz CT molecular complexity index is 851. The minimum Gasteiger partial charge on any atom is -0.393 e. The van der Waals surface area contributed by atoms with E-state index in [4.69, 9.17) is 14.7 Å². The lowest BCUT2D eigenvalue weighted by Crippen LogP contribution is -2.49. The maximum atomic E-state index is 12.5. The van der Waals surface area contributed by atoms with Gasteiger partial charge in [-0.3, -0.25) is 9.69 Å². The number of nitrogens with one attached hydrogen (secondary N) is 1. The number of amides is 1. The average molecular weight is 502 g/mol. The molecule has 3 aliphatic rings. The molecule has 1 aromatic heterocycles. The van der Waals surface area contributed by atoms with Crippen molar-refractivity contribution in [2.24, 2.45) is 11.8 Å². The molecule has 2 N–H and O–H groups in total. The van der Waals surface area contributed by atoms with Gasteiger partial charge in [-0.2, -0.15) is 0 Å². The average Bonchev–Trinajstić information content (AvgIpc) is 2.84. The van der Waals surface area contributed by atoms with Crippen molar-refractivity contribution in [1.82, 2.24) is 20.2 Å². The van der Waals surface area contributed by atoms with Gasteiger partial charge >= 0.3 is 0 Å². The van der Waals surface area contributed by atoms with Gasteiger partial charge in [-0.25, -0.2) is 9.97 Å². The van der Waals surface area contributed by atoms with Crippen LogP contribution in [0.1, 0.15) is 77.2 Å². The highest BCUT2D eigenvalue weighted by molar-refractivity contribution is 5.79. The lowest BCUT2D eigenvalue weighted by molar-refractivity contribution is -0.128. The predicted octanol–water partition coefficient (Wildman–Crippen LogP) is 2.92. The summed E-state index contributed by atoms with van der Waals surface area (Å²) in [6.45, 7) is 12.4. The van der Waals surface area contributed by atoms with Crippen LogP contribution in [0.2, 0.25) is 0 Å². The first-order valence-electron chi connectivity index (χ1n) is 14.0. The Kier molecular flexibility index (Phi) is 9.23. The van der Waals surface area contributed by atoms with Crippen LogP contribution in [0.15, 0.2) is 6.07 Å². The van der Waals surface area contributed by atoms with Gasteiger partial charge in [-0.15, -0.1) is 0 Å². The monoisotopic (exact) mass is 501 g/mol. The second-order valence-electron chi connectivity index (χ2n) is 12.2. The number of aliphatic hydroxyl groups is 1. The molecule has 1 aromatic rings. The molecule has 36 heavy (non-hydrogen) atoms. The van der Waals surface area contributed by atoms with Gasteiger partial charge in [0.05, 0.1) is 12.7 Å². The topological polar surface area (TPSA) is 90.8 Å². The molecule has 202 valence electrons. The number of nitrogens with zero attached hydrogens (tertiary/aromatic N) is 4. The third kappa shape index (κ3) is 7.39. The number of piperazine rings is 1. The molecule has 4 rings (SSSR count). The van der Waals surface area contributed by atoms with Crippen LogP contribution in [0.5, 0.6) is 0 Å². The number of anilines is 1. The second-order valence-corrected chi connectivity index (χ2v) is 12.2. The molecule has 0 spiro atoms. The number of rotatable bonds is 9. The number of ether oxygens (including phenoxy) is 1. The molecule has 1 amide bonds. The number of aromatic nitrogens is 2. The van der Waals surface area contributed by atoms with Crippen LogP contribution in [0.25, 0.3) is 0 Å². The summed E-state index contributed by atoms with van der Waals surface area (Å²) < 4.78 is 5.28. The van der Waals surface area contributed by atoms with E-state index in [1.165, 1.54) is 6.42 Å². The largest absolute Gasteiger partial charge is 0.393 e. The predicted molar refractivity (Wildman–Crippen MR) is 142 cm³/mol. The van der Waals surface area contributed by atoms with E-state index in [1.807, 2.05) is 0 Å². The fourth-order valence-electron chi connectivity index (χ4n) is 5.63. The molecule has 0 unspecified atom stereocenters. The van der Waals surface area contributed by atoms with Gasteiger partial charge in [-0.1, -0.05) is 20.8 Å². The van der Waals surface area contributed by atoms with Crippen molar-refractivity contribution in [1.29, 1.82) is 0 Å². The summed E-state index contributed by atoms with van der Waals surface area (Å²) >= 11 is 0. The number of carbonyl (C=O) groups excluding carboxylic acids is 1. The van der Waals surface area contributed by atoms with Crippen LogP contribution in [0.4, 0.5) is 5.82 Å². The van der Waals surface area contributed by atoms with Gasteiger partial charge < -0.3 is 20.1 Å². The highest BCUT2D eigenvalue weighted by Gasteiger charge is 2.33. The van der Waals surface area contributed by atoms with Crippen molar-refractivity contribution in [3.05, 3.63) is 17.6 Å². The van der Waals surface area contributed by atoms with Gasteiger partial charge in [0.15, 0.2) is 0 Å². The maximum absolute atomic E-state index is 12.5. The van der Waals surface area contributed by atoms with E-state index in [0.717, 1.165) is 101 Å². The molecule has 3 fully saturated rings. The van der Waals surface area contributed by atoms with E-state index in [2.05, 4.69) is 42.0 Å². The Hall–Kier alpha value is -1.77. The highest BCUT2D eigenvalue weighted by Crippen LogP contribution is 2.32. The SMILES string of the molecule is COCCc1cc(N2CCN(CC[C@H]3C[C@@H](NC(=O)[C@H]4CC[C@H](O)CC4)C3)CC2)nc(C(C)(C)C)n1. The molecule has 1 aliphatic heterocycles. The van der Waals surface area contributed by atoms with Gasteiger partial charge in [0.2, 0.25) is 5.91 Å². The minimum absolute atomic E-state index is 0.0847. The lowest BCUT2D eigenvalue weighted by atomic mass is 9.77. The first-order chi connectivity index (χ1) is 17.2. The Morgan fingerprint density at radius 3 is 2.44 bits per heavy atom. The molecular weight excluding hydrogens is 454 g/mol. The third-order valence-corrected chi connectivity index (χ3v) is 8.20. The zero-order valence-electron chi connectivity index (χ0n) is 22.8. The van der Waals surface area contributed by atoms with Crippen molar-refractivity contribution < 1.29 is 14.6 Å². The molecule has 0 bridgehead atoms. The van der Waals surface area contributed by atoms with Crippen LogP contribution >= 0.6 is 0 Å². The van der Waals surface area contributed by atoms with Crippen molar-refractivity contribution in [3.63, 3.8) is 0 Å². The number of hydrogen-bond acceptors (Lipinski definition) is 7. The van der Waals surface area contributed by atoms with Crippen LogP contribution < -0.4 is 10.2 Å². The molecule has 1 saturated heterocycles. The maximum Gasteiger partial charge on any atom is 0.223 e. The van der Waals surface area contributed by atoms with Crippen LogP contribution in [-0.4, -0.2) is 84.5 Å². The molecule has 2 heterocycles. The second kappa shape index (κ2) is 12.2. The number of methoxy groups -OCH3 is 1. The lowest BCUT2D eigenvalue weighted by Gasteiger charge is -2.40. The Balaban J connectivity index is 1.18. The number of carbonyl (C=O) groups is 1. The van der Waals surface area contributed by atoms with E-state index in [1.54, 1.807) is 7.11 Å². The van der Waals surface area contributed by atoms with Gasteiger partial charge in [-0.05, 0) is 57.4 Å².